The molecular weight excluding hydrogens is 138 g/mol. The Kier molecular flexibility index (Phi) is 1.77. The highest BCUT2D eigenvalue weighted by Gasteiger charge is 2.10. The fourth-order valence-corrected chi connectivity index (χ4v) is 0.793. The van der Waals surface area contributed by atoms with E-state index in [2.05, 4.69) is 15.4 Å². The van der Waals surface area contributed by atoms with Gasteiger partial charge in [0.15, 0.2) is 11.0 Å². The molecule has 0 fully saturated rings. The molecule has 0 unspecified atom stereocenters. The van der Waals surface area contributed by atoms with Gasteiger partial charge in [-0.1, -0.05) is 0 Å². The number of nitrogens with zero attached hydrogens (tertiary/aromatic N) is 3. The first-order chi connectivity index (χ1) is 4.38. The molecule has 0 saturated heterocycles. The van der Waals surface area contributed by atoms with Gasteiger partial charge in [-0.25, -0.2) is 4.79 Å². The second-order valence-electron chi connectivity index (χ2n) is 1.25. The first-order valence-corrected chi connectivity index (χ1v) is 3.39. The summed E-state index contributed by atoms with van der Waals surface area (Å²) in [6.45, 7) is 0. The van der Waals surface area contributed by atoms with Crippen molar-refractivity contribution in [2.75, 3.05) is 6.26 Å². The molecule has 5 heteroatoms. The molecule has 0 aliphatic carbocycles. The fourth-order valence-electron chi connectivity index (χ4n) is 0.399. The molecule has 1 aliphatic heterocycles. The zero-order chi connectivity index (χ0) is 6.69. The third kappa shape index (κ3) is 1.06. The lowest BCUT2D eigenvalue weighted by atomic mass is 10.6. The Labute approximate surface area is 55.7 Å². The van der Waals surface area contributed by atoms with E-state index in [9.17, 15) is 4.79 Å². The molecule has 0 bridgehead atoms. The number of carbonyl (C=O) groups excluding carboxylic acids is 1. The van der Waals surface area contributed by atoms with Gasteiger partial charge in [0.25, 0.3) is 0 Å². The van der Waals surface area contributed by atoms with E-state index in [1.54, 1.807) is 12.2 Å². The van der Waals surface area contributed by atoms with Gasteiger partial charge in [0.05, 0.1) is 0 Å². The molecule has 46 valence electrons. The van der Waals surface area contributed by atoms with Crippen LogP contribution >= 0.6 is 11.8 Å². The van der Waals surface area contributed by atoms with E-state index in [1.165, 1.54) is 11.8 Å². The molecular formula is C4H3N3OS. The molecule has 0 aromatic heterocycles. The van der Waals surface area contributed by atoms with Crippen molar-refractivity contribution in [2.45, 2.75) is 0 Å². The summed E-state index contributed by atoms with van der Waals surface area (Å²) in [5.41, 5.74) is 0.197. The smallest absolute Gasteiger partial charge is 0.205 e. The van der Waals surface area contributed by atoms with Crippen LogP contribution in [0.4, 0.5) is 0 Å². The monoisotopic (exact) mass is 141 g/mol. The van der Waals surface area contributed by atoms with Crippen LogP contribution in [-0.4, -0.2) is 17.2 Å². The van der Waals surface area contributed by atoms with Gasteiger partial charge in [-0.15, -0.1) is 22.0 Å². The van der Waals surface area contributed by atoms with Crippen molar-refractivity contribution in [3.8, 4) is 0 Å². The molecule has 0 saturated carbocycles. The maximum Gasteiger partial charge on any atom is 0.205 e. The summed E-state index contributed by atoms with van der Waals surface area (Å²) >= 11 is 1.33. The molecule has 1 rings (SSSR count). The summed E-state index contributed by atoms with van der Waals surface area (Å²) in [4.78, 5) is 9.97. The van der Waals surface area contributed by atoms with E-state index in [0.29, 0.717) is 5.04 Å². The molecule has 4 nitrogen and oxygen atoms in total. The fraction of sp³-hybridized carbons (Fsp3) is 0.250. The van der Waals surface area contributed by atoms with Gasteiger partial charge in [-0.3, -0.25) is 0 Å². The highest BCUT2D eigenvalue weighted by atomic mass is 32.2. The molecule has 0 radical (unpaired) electrons. The van der Waals surface area contributed by atoms with E-state index in [-0.39, 0.29) is 5.70 Å². The summed E-state index contributed by atoms with van der Waals surface area (Å²) < 4.78 is 0. The number of rotatable bonds is 0. The molecule has 0 amide bonds. The van der Waals surface area contributed by atoms with Crippen molar-refractivity contribution < 1.29 is 4.79 Å². The van der Waals surface area contributed by atoms with Crippen LogP contribution < -0.4 is 0 Å². The Bertz CT molecular complexity index is 226. The van der Waals surface area contributed by atoms with Crippen molar-refractivity contribution in [1.29, 1.82) is 0 Å². The van der Waals surface area contributed by atoms with E-state index in [1.807, 2.05) is 0 Å². The van der Waals surface area contributed by atoms with Crippen LogP contribution in [0.15, 0.2) is 21.1 Å². The molecule has 0 aromatic carbocycles. The summed E-state index contributed by atoms with van der Waals surface area (Å²) in [7, 11) is 0. The van der Waals surface area contributed by atoms with E-state index < -0.39 is 0 Å². The molecule has 0 atom stereocenters. The van der Waals surface area contributed by atoms with Crippen LogP contribution in [0.3, 0.4) is 0 Å². The minimum Gasteiger partial charge on any atom is -0.231 e. The standard InChI is InChI=1S/C4H3N3OS/c1-9-4-3(2-8)5-7-6-4/h1H3. The van der Waals surface area contributed by atoms with Gasteiger partial charge in [0.2, 0.25) is 5.70 Å². The molecule has 1 aliphatic rings. The maximum absolute atomic E-state index is 9.97. The highest BCUT2D eigenvalue weighted by molar-refractivity contribution is 8.13. The average molecular weight is 141 g/mol. The lowest BCUT2D eigenvalue weighted by Gasteiger charge is -1.84. The second-order valence-corrected chi connectivity index (χ2v) is 2.04. The lowest BCUT2D eigenvalue weighted by molar-refractivity contribution is 0.567. The van der Waals surface area contributed by atoms with Crippen molar-refractivity contribution in [2.24, 2.45) is 15.4 Å². The quantitative estimate of drug-likeness (QED) is 0.469. The lowest BCUT2D eigenvalue weighted by Crippen LogP contribution is -1.88. The maximum atomic E-state index is 9.97. The Morgan fingerprint density at radius 3 is 2.89 bits per heavy atom. The van der Waals surface area contributed by atoms with E-state index >= 15 is 0 Å². The largest absolute Gasteiger partial charge is 0.231 e. The number of hydrogen-bond acceptors (Lipinski definition) is 5. The number of thioether (sulfide) groups is 1. The Morgan fingerprint density at radius 1 is 1.67 bits per heavy atom. The number of hydrogen-bond donors (Lipinski definition) is 0. The Balaban J connectivity index is 2.91. The molecule has 0 spiro atoms. The van der Waals surface area contributed by atoms with Gasteiger partial charge < -0.3 is 0 Å². The molecule has 1 heterocycles. The van der Waals surface area contributed by atoms with Gasteiger partial charge >= 0.3 is 0 Å². The zero-order valence-corrected chi connectivity index (χ0v) is 5.47. The minimum absolute atomic E-state index is 0.197. The van der Waals surface area contributed by atoms with Gasteiger partial charge in [-0.05, 0) is 11.5 Å². The van der Waals surface area contributed by atoms with Gasteiger partial charge in [-0.2, -0.15) is 0 Å². The highest BCUT2D eigenvalue weighted by Crippen LogP contribution is 2.14. The van der Waals surface area contributed by atoms with Crippen LogP contribution in [0.5, 0.6) is 0 Å². The Hall–Kier alpha value is -0.930. The van der Waals surface area contributed by atoms with Crippen LogP contribution in [-0.2, 0) is 4.79 Å². The summed E-state index contributed by atoms with van der Waals surface area (Å²) in [5, 5.41) is 10.8. The molecule has 0 aromatic rings. The minimum atomic E-state index is 0.197. The van der Waals surface area contributed by atoms with Crippen LogP contribution in [0.1, 0.15) is 0 Å². The van der Waals surface area contributed by atoms with Crippen molar-refractivity contribution >= 4 is 22.7 Å². The van der Waals surface area contributed by atoms with Gasteiger partial charge in [0.1, 0.15) is 0 Å². The van der Waals surface area contributed by atoms with Crippen molar-refractivity contribution in [1.82, 2.24) is 0 Å². The second kappa shape index (κ2) is 2.57. The first kappa shape index (κ1) is 6.19. The third-order valence-electron chi connectivity index (χ3n) is 0.773. The topological polar surface area (TPSA) is 54.1 Å². The molecule has 0 N–H and O–H groups in total. The predicted molar refractivity (Wildman–Crippen MR) is 35.0 cm³/mol. The normalized spacial score (nSPS) is 15.7. The third-order valence-corrected chi connectivity index (χ3v) is 1.43. The van der Waals surface area contributed by atoms with Crippen molar-refractivity contribution in [3.05, 3.63) is 5.70 Å². The van der Waals surface area contributed by atoms with Crippen molar-refractivity contribution in [3.63, 3.8) is 0 Å². The average Bonchev–Trinajstić information content (AvgIpc) is 2.33. The zero-order valence-electron chi connectivity index (χ0n) is 4.66. The van der Waals surface area contributed by atoms with Crippen LogP contribution in [0, 0.1) is 0 Å². The van der Waals surface area contributed by atoms with E-state index in [4.69, 9.17) is 0 Å². The van der Waals surface area contributed by atoms with E-state index in [0.717, 1.165) is 0 Å². The molecule has 9 heavy (non-hydrogen) atoms. The van der Waals surface area contributed by atoms with Crippen LogP contribution in [0.25, 0.3) is 0 Å². The first-order valence-electron chi connectivity index (χ1n) is 2.16. The van der Waals surface area contributed by atoms with Gasteiger partial charge in [0, 0.05) is 0 Å². The summed E-state index contributed by atoms with van der Waals surface area (Å²) in [6, 6.07) is 0. The Morgan fingerprint density at radius 2 is 2.44 bits per heavy atom. The van der Waals surface area contributed by atoms with Crippen LogP contribution in [0.2, 0.25) is 0 Å². The summed E-state index contributed by atoms with van der Waals surface area (Å²) in [6.07, 6.45) is 1.80. The summed E-state index contributed by atoms with van der Waals surface area (Å²) in [5.74, 6) is 1.62. The predicted octanol–water partition coefficient (Wildman–Crippen LogP) is 0.844. The SMILES string of the molecule is CSC1=NN=NC1=C=O.